The molecule has 1 atom stereocenters. The number of nitrogens with one attached hydrogen (secondary N) is 1. The predicted octanol–water partition coefficient (Wildman–Crippen LogP) is 1.83. The third-order valence-corrected chi connectivity index (χ3v) is 5.20. The molecule has 1 unspecified atom stereocenters. The number of hydrogen-bond acceptors (Lipinski definition) is 3. The lowest BCUT2D eigenvalue weighted by Crippen LogP contribution is -2.33. The number of hydrogen-bond donors (Lipinski definition) is 1. The Morgan fingerprint density at radius 3 is 2.80 bits per heavy atom. The molecule has 4 nitrogen and oxygen atoms in total. The maximum atomic E-state index is 12.3. The molecule has 0 aromatic carbocycles. The van der Waals surface area contributed by atoms with Gasteiger partial charge in [0, 0.05) is 31.5 Å². The zero-order valence-electron chi connectivity index (χ0n) is 12.2. The van der Waals surface area contributed by atoms with Crippen molar-refractivity contribution in [1.29, 1.82) is 0 Å². The summed E-state index contributed by atoms with van der Waals surface area (Å²) in [5.74, 6) is 1.14. The van der Waals surface area contributed by atoms with E-state index in [0.717, 1.165) is 71.0 Å². The van der Waals surface area contributed by atoms with Crippen molar-refractivity contribution in [2.24, 2.45) is 11.3 Å². The smallest absolute Gasteiger partial charge is 0.222 e. The Labute approximate surface area is 128 Å². The molecule has 1 N–H and O–H groups in total. The van der Waals surface area contributed by atoms with Gasteiger partial charge in [0.2, 0.25) is 5.91 Å². The summed E-state index contributed by atoms with van der Waals surface area (Å²) < 4.78 is 5.52. The van der Waals surface area contributed by atoms with E-state index in [4.69, 9.17) is 4.74 Å². The van der Waals surface area contributed by atoms with Crippen LogP contribution in [0.1, 0.15) is 38.5 Å². The second-order valence-corrected chi connectivity index (χ2v) is 6.60. The van der Waals surface area contributed by atoms with Crippen molar-refractivity contribution in [3.63, 3.8) is 0 Å². The number of nitrogens with zero attached hydrogens (tertiary/aromatic N) is 1. The van der Waals surface area contributed by atoms with Crippen LogP contribution in [-0.4, -0.2) is 50.2 Å². The molecule has 0 radical (unpaired) electrons. The van der Waals surface area contributed by atoms with E-state index in [9.17, 15) is 4.79 Å². The van der Waals surface area contributed by atoms with Crippen LogP contribution in [-0.2, 0) is 9.53 Å². The molecule has 3 aliphatic heterocycles. The molecule has 5 heteroatoms. The highest BCUT2D eigenvalue weighted by molar-refractivity contribution is 5.85. The summed E-state index contributed by atoms with van der Waals surface area (Å²) >= 11 is 0. The lowest BCUT2D eigenvalue weighted by molar-refractivity contribution is -0.130. The molecule has 20 heavy (non-hydrogen) atoms. The van der Waals surface area contributed by atoms with Crippen LogP contribution < -0.4 is 5.32 Å². The van der Waals surface area contributed by atoms with Crippen molar-refractivity contribution < 1.29 is 9.53 Å². The summed E-state index contributed by atoms with van der Waals surface area (Å²) in [7, 11) is 0. The van der Waals surface area contributed by atoms with Crippen LogP contribution in [0.2, 0.25) is 0 Å². The fraction of sp³-hybridized carbons (Fsp3) is 0.933. The minimum absolute atomic E-state index is 0. The molecule has 0 aromatic rings. The monoisotopic (exact) mass is 302 g/mol. The number of likely N-dealkylation sites (tertiary alicyclic amines) is 1. The van der Waals surface area contributed by atoms with Gasteiger partial charge < -0.3 is 15.0 Å². The summed E-state index contributed by atoms with van der Waals surface area (Å²) in [5, 5.41) is 3.38. The lowest BCUT2D eigenvalue weighted by Gasteiger charge is -2.24. The Hall–Kier alpha value is -0.320. The number of ether oxygens (including phenoxy) is 1. The van der Waals surface area contributed by atoms with Gasteiger partial charge in [0.1, 0.15) is 0 Å². The highest BCUT2D eigenvalue weighted by atomic mass is 35.5. The van der Waals surface area contributed by atoms with Gasteiger partial charge in [0.05, 0.1) is 6.61 Å². The fourth-order valence-corrected chi connectivity index (χ4v) is 3.78. The quantitative estimate of drug-likeness (QED) is 0.865. The first-order valence-electron chi connectivity index (χ1n) is 7.84. The molecule has 116 valence electrons. The third kappa shape index (κ3) is 3.66. The average molecular weight is 303 g/mol. The van der Waals surface area contributed by atoms with Gasteiger partial charge in [-0.3, -0.25) is 4.79 Å². The minimum Gasteiger partial charge on any atom is -0.381 e. The second-order valence-electron chi connectivity index (χ2n) is 6.60. The summed E-state index contributed by atoms with van der Waals surface area (Å²) in [5.41, 5.74) is 0.310. The highest BCUT2D eigenvalue weighted by Crippen LogP contribution is 2.38. The molecule has 3 aliphatic rings. The largest absolute Gasteiger partial charge is 0.381 e. The van der Waals surface area contributed by atoms with Gasteiger partial charge in [0.25, 0.3) is 0 Å². The molecular formula is C15H27ClN2O2. The Morgan fingerprint density at radius 1 is 1.30 bits per heavy atom. The summed E-state index contributed by atoms with van der Waals surface area (Å²) in [4.78, 5) is 14.4. The van der Waals surface area contributed by atoms with Crippen molar-refractivity contribution in [2.75, 3.05) is 39.4 Å². The van der Waals surface area contributed by atoms with E-state index in [1.165, 1.54) is 12.8 Å². The molecule has 3 rings (SSSR count). The van der Waals surface area contributed by atoms with E-state index in [1.807, 2.05) is 0 Å². The molecule has 1 amide bonds. The summed E-state index contributed by atoms with van der Waals surface area (Å²) in [6.07, 6.45) is 6.61. The first-order chi connectivity index (χ1) is 9.27. The van der Waals surface area contributed by atoms with Crippen LogP contribution in [0.15, 0.2) is 0 Å². The molecule has 1 spiro atoms. The Morgan fingerprint density at radius 2 is 2.10 bits per heavy atom. The maximum absolute atomic E-state index is 12.3. The van der Waals surface area contributed by atoms with Crippen LogP contribution in [0.25, 0.3) is 0 Å². The van der Waals surface area contributed by atoms with Crippen molar-refractivity contribution >= 4 is 18.3 Å². The molecular weight excluding hydrogens is 276 g/mol. The summed E-state index contributed by atoms with van der Waals surface area (Å²) in [6, 6.07) is 0. The second kappa shape index (κ2) is 7.10. The number of piperidine rings is 1. The molecule has 0 bridgehead atoms. The van der Waals surface area contributed by atoms with Gasteiger partial charge in [-0.05, 0) is 51.1 Å². The van der Waals surface area contributed by atoms with E-state index in [-0.39, 0.29) is 12.4 Å². The Balaban J connectivity index is 0.00000147. The van der Waals surface area contributed by atoms with Gasteiger partial charge >= 0.3 is 0 Å². The number of carbonyl (C=O) groups is 1. The first-order valence-corrected chi connectivity index (χ1v) is 7.84. The molecule has 0 saturated carbocycles. The predicted molar refractivity (Wildman–Crippen MR) is 81.1 cm³/mol. The van der Waals surface area contributed by atoms with Crippen molar-refractivity contribution in [1.82, 2.24) is 10.2 Å². The van der Waals surface area contributed by atoms with E-state index in [2.05, 4.69) is 10.2 Å². The van der Waals surface area contributed by atoms with Crippen LogP contribution in [0.5, 0.6) is 0 Å². The Kier molecular flexibility index (Phi) is 5.70. The number of halogens is 1. The Bertz CT molecular complexity index is 326. The van der Waals surface area contributed by atoms with E-state index in [0.29, 0.717) is 11.3 Å². The van der Waals surface area contributed by atoms with Crippen molar-refractivity contribution in [3.05, 3.63) is 0 Å². The maximum Gasteiger partial charge on any atom is 0.222 e. The SMILES string of the molecule is Cl.O=C(CCC1CCNCC1)N1CCC2(CCOC2)C1. The zero-order chi connectivity index (χ0) is 13.1. The molecule has 3 saturated heterocycles. The normalized spacial score (nSPS) is 30.7. The standard InChI is InChI=1S/C15H26N2O2.ClH/c18-14(2-1-13-3-7-16-8-4-13)17-9-5-15(11-17)6-10-19-12-15;/h13,16H,1-12H2;1H. The minimum atomic E-state index is 0. The number of carbonyl (C=O) groups excluding carboxylic acids is 1. The van der Waals surface area contributed by atoms with Crippen LogP contribution in [0, 0.1) is 11.3 Å². The van der Waals surface area contributed by atoms with Gasteiger partial charge in [-0.2, -0.15) is 0 Å². The van der Waals surface area contributed by atoms with E-state index >= 15 is 0 Å². The van der Waals surface area contributed by atoms with Crippen LogP contribution in [0.4, 0.5) is 0 Å². The van der Waals surface area contributed by atoms with Crippen LogP contribution >= 0.6 is 12.4 Å². The molecule has 3 fully saturated rings. The topological polar surface area (TPSA) is 41.6 Å². The number of rotatable bonds is 3. The average Bonchev–Trinajstić information content (AvgIpc) is 3.08. The molecule has 3 heterocycles. The van der Waals surface area contributed by atoms with Crippen molar-refractivity contribution in [3.8, 4) is 0 Å². The molecule has 0 aromatic heterocycles. The third-order valence-electron chi connectivity index (χ3n) is 5.20. The van der Waals surface area contributed by atoms with Crippen molar-refractivity contribution in [2.45, 2.75) is 38.5 Å². The van der Waals surface area contributed by atoms with Gasteiger partial charge in [0.15, 0.2) is 0 Å². The van der Waals surface area contributed by atoms with E-state index < -0.39 is 0 Å². The lowest BCUT2D eigenvalue weighted by atomic mass is 9.87. The molecule has 0 aliphatic carbocycles. The summed E-state index contributed by atoms with van der Waals surface area (Å²) in [6.45, 7) is 5.90. The van der Waals surface area contributed by atoms with Gasteiger partial charge in [-0.1, -0.05) is 0 Å². The van der Waals surface area contributed by atoms with E-state index in [1.54, 1.807) is 0 Å². The zero-order valence-corrected chi connectivity index (χ0v) is 13.1. The first kappa shape index (κ1) is 16.1. The van der Waals surface area contributed by atoms with Gasteiger partial charge in [-0.15, -0.1) is 12.4 Å². The number of amides is 1. The highest BCUT2D eigenvalue weighted by Gasteiger charge is 2.42. The fourth-order valence-electron chi connectivity index (χ4n) is 3.78. The van der Waals surface area contributed by atoms with Crippen LogP contribution in [0.3, 0.4) is 0 Å². The van der Waals surface area contributed by atoms with Gasteiger partial charge in [-0.25, -0.2) is 0 Å².